The average Bonchev–Trinajstić information content (AvgIpc) is 2.84. The number of nitrogens with one attached hydrogen (secondary N) is 1. The monoisotopic (exact) mass is 387 g/mol. The molecule has 0 atom stereocenters. The van der Waals surface area contributed by atoms with Gasteiger partial charge in [-0.3, -0.25) is 9.59 Å². The Bertz CT molecular complexity index is 1080. The summed E-state index contributed by atoms with van der Waals surface area (Å²) in [5.41, 5.74) is -1.25. The van der Waals surface area contributed by atoms with Crippen LogP contribution in [0.3, 0.4) is 0 Å². The number of rotatable bonds is 4. The van der Waals surface area contributed by atoms with Gasteiger partial charge in [-0.15, -0.1) is 0 Å². The van der Waals surface area contributed by atoms with Crippen molar-refractivity contribution in [3.63, 3.8) is 0 Å². The van der Waals surface area contributed by atoms with Crippen molar-refractivity contribution >= 4 is 32.7 Å². The lowest BCUT2D eigenvalue weighted by Gasteiger charge is -2.21. The van der Waals surface area contributed by atoms with Crippen LogP contribution in [-0.4, -0.2) is 44.4 Å². The smallest absolute Gasteiger partial charge is 0.326 e. The molecule has 140 valence electrons. The Morgan fingerprint density at radius 1 is 1.35 bits per heavy atom. The zero-order chi connectivity index (χ0) is 19.2. The number of hydrogen-bond donors (Lipinski definition) is 2. The Morgan fingerprint density at radius 2 is 2.04 bits per heavy atom. The highest BCUT2D eigenvalue weighted by Crippen LogP contribution is 2.39. The molecule has 1 saturated heterocycles. The summed E-state index contributed by atoms with van der Waals surface area (Å²) in [4.78, 5) is 23.4. The summed E-state index contributed by atoms with van der Waals surface area (Å²) in [7, 11) is -1.70. The summed E-state index contributed by atoms with van der Waals surface area (Å²) in [5.74, 6) is -2.89. The van der Waals surface area contributed by atoms with Crippen LogP contribution in [-0.2, 0) is 26.8 Å². The number of fused-ring (bicyclic) bond motifs is 1. The summed E-state index contributed by atoms with van der Waals surface area (Å²) >= 11 is 0. The summed E-state index contributed by atoms with van der Waals surface area (Å²) in [6.45, 7) is -0.981. The lowest BCUT2D eigenvalue weighted by atomic mass is 10.1. The average molecular weight is 387 g/mol. The van der Waals surface area contributed by atoms with Crippen LogP contribution in [0.4, 0.5) is 10.1 Å². The molecule has 0 spiro atoms. The van der Waals surface area contributed by atoms with Crippen molar-refractivity contribution in [2.45, 2.75) is 0 Å². The number of hydrogen-bond acceptors (Lipinski definition) is 7. The van der Waals surface area contributed by atoms with E-state index in [-0.39, 0.29) is 23.4 Å². The molecule has 2 N–H and O–H groups in total. The third kappa shape index (κ3) is 2.72. The maximum Gasteiger partial charge on any atom is 0.326 e. The number of halogens is 1. The Kier molecular flexibility index (Phi) is 4.24. The molecule has 12 heteroatoms. The van der Waals surface area contributed by atoms with Gasteiger partial charge in [-0.2, -0.15) is 8.42 Å². The molecule has 3 rings (SSSR count). The predicted octanol–water partition coefficient (Wildman–Crippen LogP) is -0.453. The van der Waals surface area contributed by atoms with Crippen LogP contribution >= 0.6 is 0 Å². The molecule has 2 heterocycles. The van der Waals surface area contributed by atoms with E-state index < -0.39 is 45.5 Å². The molecule has 1 fully saturated rings. The predicted molar refractivity (Wildman–Crippen MR) is 87.7 cm³/mol. The van der Waals surface area contributed by atoms with E-state index >= 15 is 4.39 Å². The minimum absolute atomic E-state index is 0.0519. The van der Waals surface area contributed by atoms with Crippen LogP contribution in [0.5, 0.6) is 11.5 Å². The van der Waals surface area contributed by atoms with Crippen molar-refractivity contribution in [3.05, 3.63) is 28.3 Å². The number of pyridine rings is 1. The Labute approximate surface area is 146 Å². The lowest BCUT2D eigenvalue weighted by Crippen LogP contribution is -2.31. The van der Waals surface area contributed by atoms with Gasteiger partial charge in [0.2, 0.25) is 0 Å². The molecule has 1 aliphatic rings. The molecular weight excluding hydrogens is 373 g/mol. The van der Waals surface area contributed by atoms with E-state index in [1.807, 2.05) is 0 Å². The van der Waals surface area contributed by atoms with Gasteiger partial charge in [0.15, 0.2) is 24.1 Å². The van der Waals surface area contributed by atoms with Crippen molar-refractivity contribution in [2.75, 3.05) is 24.8 Å². The van der Waals surface area contributed by atoms with Gasteiger partial charge in [0.25, 0.3) is 11.5 Å². The van der Waals surface area contributed by atoms with Crippen molar-refractivity contribution in [1.82, 2.24) is 9.29 Å². The highest BCUT2D eigenvalue weighted by molar-refractivity contribution is 7.92. The number of aromatic nitrogens is 1. The Balaban J connectivity index is 2.36. The highest BCUT2D eigenvalue weighted by Gasteiger charge is 2.38. The molecule has 1 aromatic carbocycles. The van der Waals surface area contributed by atoms with E-state index in [9.17, 15) is 23.1 Å². The normalized spacial score (nSPS) is 16.1. The molecule has 26 heavy (non-hydrogen) atoms. The van der Waals surface area contributed by atoms with Crippen LogP contribution in [0.1, 0.15) is 0 Å². The first-order chi connectivity index (χ1) is 12.2. The maximum atomic E-state index is 15.2. The number of ether oxygens (including phenoxy) is 2. The number of aryl methyl sites for hydroxylation is 1. The number of carbonyl (C=O) groups excluding carboxylic acids is 1. The third-order valence-corrected chi connectivity index (χ3v) is 5.17. The van der Waals surface area contributed by atoms with Gasteiger partial charge in [0, 0.05) is 25.6 Å². The Hall–Kier alpha value is -2.86. The first-order valence-electron chi connectivity index (χ1n) is 7.17. The Morgan fingerprint density at radius 3 is 2.62 bits per heavy atom. The van der Waals surface area contributed by atoms with Gasteiger partial charge < -0.3 is 19.1 Å². The van der Waals surface area contributed by atoms with E-state index in [1.165, 1.54) is 20.2 Å². The van der Waals surface area contributed by atoms with Crippen LogP contribution in [0.2, 0.25) is 0 Å². The summed E-state index contributed by atoms with van der Waals surface area (Å²) in [6.07, 6.45) is 0. The van der Waals surface area contributed by atoms with Crippen molar-refractivity contribution in [3.8, 4) is 11.5 Å². The van der Waals surface area contributed by atoms with E-state index in [2.05, 4.69) is 0 Å². The fraction of sp³-hybridized carbons (Fsp3) is 0.286. The van der Waals surface area contributed by atoms with Crippen LogP contribution in [0.25, 0.3) is 10.9 Å². The van der Waals surface area contributed by atoms with Gasteiger partial charge in [-0.05, 0) is 6.07 Å². The number of anilines is 1. The van der Waals surface area contributed by atoms with E-state index in [4.69, 9.17) is 9.47 Å². The summed E-state index contributed by atoms with van der Waals surface area (Å²) in [5, 5.41) is 9.46. The van der Waals surface area contributed by atoms with Crippen molar-refractivity contribution < 1.29 is 32.2 Å². The SMILES string of the molecule is COCOc1cc2c(cc(O)c(=O)n2C)c(F)c1N1CC(=O)NS1(=O)=O. The number of benzene rings is 1. The topological polar surface area (TPSA) is 127 Å². The molecule has 1 amide bonds. The molecule has 0 unspecified atom stereocenters. The molecule has 1 aliphatic heterocycles. The van der Waals surface area contributed by atoms with Gasteiger partial charge in [0.1, 0.15) is 12.2 Å². The third-order valence-electron chi connectivity index (χ3n) is 3.79. The molecule has 0 aliphatic carbocycles. The second-order valence-electron chi connectivity index (χ2n) is 5.45. The molecule has 10 nitrogen and oxygen atoms in total. The van der Waals surface area contributed by atoms with Gasteiger partial charge in [-0.25, -0.2) is 13.4 Å². The quantitative estimate of drug-likeness (QED) is 0.680. The first-order valence-corrected chi connectivity index (χ1v) is 8.61. The van der Waals surface area contributed by atoms with E-state index in [1.54, 1.807) is 4.72 Å². The number of methoxy groups -OCH3 is 1. The molecule has 0 bridgehead atoms. The number of carbonyl (C=O) groups is 1. The molecule has 0 radical (unpaired) electrons. The molecule has 2 aromatic rings. The number of aromatic hydroxyl groups is 1. The fourth-order valence-electron chi connectivity index (χ4n) is 2.62. The largest absolute Gasteiger partial charge is 0.503 e. The zero-order valence-electron chi connectivity index (χ0n) is 13.6. The van der Waals surface area contributed by atoms with Gasteiger partial charge in [0.05, 0.1) is 5.52 Å². The fourth-order valence-corrected chi connectivity index (χ4v) is 3.78. The highest BCUT2D eigenvalue weighted by atomic mass is 32.2. The van der Waals surface area contributed by atoms with Crippen LogP contribution in [0.15, 0.2) is 16.9 Å². The van der Waals surface area contributed by atoms with Crippen molar-refractivity contribution in [2.24, 2.45) is 7.05 Å². The lowest BCUT2D eigenvalue weighted by molar-refractivity contribution is -0.117. The van der Waals surface area contributed by atoms with Crippen molar-refractivity contribution in [1.29, 1.82) is 0 Å². The summed E-state index contributed by atoms with van der Waals surface area (Å²) in [6, 6.07) is 2.11. The molecule has 0 saturated carbocycles. The summed E-state index contributed by atoms with van der Waals surface area (Å²) < 4.78 is 52.6. The molecular formula is C14H14FN3O7S. The maximum absolute atomic E-state index is 15.2. The minimum Gasteiger partial charge on any atom is -0.503 e. The van der Waals surface area contributed by atoms with E-state index in [0.717, 1.165) is 10.6 Å². The van der Waals surface area contributed by atoms with Gasteiger partial charge in [-0.1, -0.05) is 0 Å². The van der Waals surface area contributed by atoms with E-state index in [0.29, 0.717) is 4.31 Å². The van der Waals surface area contributed by atoms with Crippen LogP contribution < -0.4 is 19.3 Å². The van der Waals surface area contributed by atoms with Gasteiger partial charge >= 0.3 is 10.2 Å². The van der Waals surface area contributed by atoms with Crippen LogP contribution in [0, 0.1) is 5.82 Å². The number of nitrogens with zero attached hydrogens (tertiary/aromatic N) is 2. The first kappa shape index (κ1) is 17.9. The second-order valence-corrected chi connectivity index (χ2v) is 7.05. The minimum atomic E-state index is -4.31. The number of amides is 1. The standard InChI is InChI=1S/C14H14FN3O7S/c1-17-8-4-10(25-6-24-2)13(18-5-11(20)16-26(18,22)23)12(15)7(8)3-9(19)14(17)21/h3-4,19H,5-6H2,1-2H3,(H,16,20). The zero-order valence-corrected chi connectivity index (χ0v) is 14.5. The molecule has 1 aromatic heterocycles. The second kappa shape index (κ2) is 6.14.